The molecular weight excluding hydrogens is 223 g/mol. The van der Waals surface area contributed by atoms with E-state index in [4.69, 9.17) is 5.11 Å². The second-order valence-electron chi connectivity index (χ2n) is 3.45. The highest BCUT2D eigenvalue weighted by molar-refractivity contribution is 5.74. The molecule has 0 radical (unpaired) electrons. The highest BCUT2D eigenvalue weighted by Crippen LogP contribution is 2.21. The molecule has 17 heavy (non-hydrogen) atoms. The van der Waals surface area contributed by atoms with E-state index in [2.05, 4.69) is 9.97 Å². The number of aliphatic carboxylic acids is 1. The average Bonchev–Trinajstić information content (AvgIpc) is 2.32. The van der Waals surface area contributed by atoms with Gasteiger partial charge in [-0.1, -0.05) is 6.07 Å². The van der Waals surface area contributed by atoms with E-state index in [0.717, 1.165) is 6.07 Å². The fraction of sp³-hybridized carbons (Fsp3) is 0.0833. The summed E-state index contributed by atoms with van der Waals surface area (Å²) in [5.74, 6) is -1.62. The molecule has 0 aliphatic heterocycles. The van der Waals surface area contributed by atoms with Gasteiger partial charge in [0.15, 0.2) is 0 Å². The Labute approximate surface area is 96.8 Å². The van der Waals surface area contributed by atoms with Crippen LogP contribution in [0.5, 0.6) is 0 Å². The largest absolute Gasteiger partial charge is 0.481 e. The molecule has 1 N–H and O–H groups in total. The number of hydrogen-bond donors (Lipinski definition) is 1. The minimum absolute atomic E-state index is 0.197. The summed E-state index contributed by atoms with van der Waals surface area (Å²) < 4.78 is 13.1. The number of halogens is 1. The Morgan fingerprint density at radius 3 is 2.82 bits per heavy atom. The van der Waals surface area contributed by atoms with Crippen LogP contribution in [0, 0.1) is 5.95 Å². The molecule has 0 bridgehead atoms. The van der Waals surface area contributed by atoms with E-state index in [9.17, 15) is 9.18 Å². The predicted octanol–water partition coefficient (Wildman–Crippen LogP) is 1.91. The van der Waals surface area contributed by atoms with E-state index in [1.165, 1.54) is 12.3 Å². The first kappa shape index (κ1) is 11.2. The van der Waals surface area contributed by atoms with E-state index >= 15 is 0 Å². The Kier molecular flexibility index (Phi) is 3.09. The fourth-order valence-corrected chi connectivity index (χ4v) is 1.52. The van der Waals surface area contributed by atoms with Gasteiger partial charge in [-0.25, -0.2) is 4.98 Å². The van der Waals surface area contributed by atoms with Crippen LogP contribution in [0.3, 0.4) is 0 Å². The standard InChI is InChI=1S/C12H9FN2O2/c13-10-4-3-8(6-11(16)17)12(15-10)9-2-1-5-14-7-9/h1-5,7H,6H2,(H,16,17). The van der Waals surface area contributed by atoms with Gasteiger partial charge in [0.2, 0.25) is 5.95 Å². The van der Waals surface area contributed by atoms with Gasteiger partial charge >= 0.3 is 5.97 Å². The Balaban J connectivity index is 2.51. The molecule has 0 aliphatic carbocycles. The molecule has 0 aliphatic rings. The van der Waals surface area contributed by atoms with Gasteiger partial charge in [-0.05, 0) is 23.8 Å². The van der Waals surface area contributed by atoms with Crippen molar-refractivity contribution in [1.29, 1.82) is 0 Å². The molecule has 0 amide bonds. The molecule has 0 aromatic carbocycles. The zero-order valence-electron chi connectivity index (χ0n) is 8.80. The van der Waals surface area contributed by atoms with Crippen molar-refractivity contribution in [2.75, 3.05) is 0 Å². The molecule has 0 saturated heterocycles. The molecule has 5 heteroatoms. The summed E-state index contributed by atoms with van der Waals surface area (Å²) in [6.07, 6.45) is 2.91. The minimum atomic E-state index is -0.983. The normalized spacial score (nSPS) is 10.2. The Morgan fingerprint density at radius 2 is 2.18 bits per heavy atom. The highest BCUT2D eigenvalue weighted by atomic mass is 19.1. The van der Waals surface area contributed by atoms with Crippen LogP contribution in [0.25, 0.3) is 11.3 Å². The van der Waals surface area contributed by atoms with Crippen molar-refractivity contribution in [2.24, 2.45) is 0 Å². The average molecular weight is 232 g/mol. The zero-order valence-corrected chi connectivity index (χ0v) is 8.80. The maximum Gasteiger partial charge on any atom is 0.307 e. The van der Waals surface area contributed by atoms with E-state index < -0.39 is 11.9 Å². The van der Waals surface area contributed by atoms with Crippen LogP contribution in [-0.2, 0) is 11.2 Å². The lowest BCUT2D eigenvalue weighted by Gasteiger charge is -2.06. The molecule has 0 unspecified atom stereocenters. The van der Waals surface area contributed by atoms with E-state index in [0.29, 0.717) is 16.8 Å². The van der Waals surface area contributed by atoms with Gasteiger partial charge in [0.25, 0.3) is 0 Å². The number of carboxylic acids is 1. The summed E-state index contributed by atoms with van der Waals surface area (Å²) in [6.45, 7) is 0. The van der Waals surface area contributed by atoms with Gasteiger partial charge in [-0.2, -0.15) is 4.39 Å². The molecule has 4 nitrogen and oxygen atoms in total. The highest BCUT2D eigenvalue weighted by Gasteiger charge is 2.11. The first-order chi connectivity index (χ1) is 8.16. The molecule has 86 valence electrons. The lowest BCUT2D eigenvalue weighted by Crippen LogP contribution is -2.04. The van der Waals surface area contributed by atoms with Gasteiger partial charge in [-0.3, -0.25) is 9.78 Å². The first-order valence-electron chi connectivity index (χ1n) is 4.94. The van der Waals surface area contributed by atoms with Crippen LogP contribution in [0.1, 0.15) is 5.56 Å². The number of carboxylic acid groups (broad SMARTS) is 1. The molecule has 2 rings (SSSR count). The molecule has 2 aromatic heterocycles. The van der Waals surface area contributed by atoms with Crippen LogP contribution < -0.4 is 0 Å². The lowest BCUT2D eigenvalue weighted by molar-refractivity contribution is -0.136. The number of carbonyl (C=O) groups is 1. The summed E-state index contributed by atoms with van der Waals surface area (Å²) in [5.41, 5.74) is 1.38. The maximum atomic E-state index is 13.1. The molecule has 0 fully saturated rings. The summed E-state index contributed by atoms with van der Waals surface area (Å²) in [7, 11) is 0. The van der Waals surface area contributed by atoms with Crippen molar-refractivity contribution >= 4 is 5.97 Å². The van der Waals surface area contributed by atoms with Crippen molar-refractivity contribution in [1.82, 2.24) is 9.97 Å². The smallest absolute Gasteiger partial charge is 0.307 e. The lowest BCUT2D eigenvalue weighted by atomic mass is 10.1. The minimum Gasteiger partial charge on any atom is -0.481 e. The maximum absolute atomic E-state index is 13.1. The number of hydrogen-bond acceptors (Lipinski definition) is 3. The van der Waals surface area contributed by atoms with Crippen LogP contribution in [0.2, 0.25) is 0 Å². The van der Waals surface area contributed by atoms with Crippen molar-refractivity contribution < 1.29 is 14.3 Å². The third kappa shape index (κ3) is 2.63. The topological polar surface area (TPSA) is 63.1 Å². The van der Waals surface area contributed by atoms with Gasteiger partial charge in [0, 0.05) is 18.0 Å². The molecule has 2 aromatic rings. The van der Waals surface area contributed by atoms with Gasteiger partial charge < -0.3 is 5.11 Å². The number of nitrogens with zero attached hydrogens (tertiary/aromatic N) is 2. The van der Waals surface area contributed by atoms with Gasteiger partial charge in [-0.15, -0.1) is 0 Å². The van der Waals surface area contributed by atoms with Crippen LogP contribution >= 0.6 is 0 Å². The number of pyridine rings is 2. The second kappa shape index (κ2) is 4.69. The van der Waals surface area contributed by atoms with E-state index in [1.54, 1.807) is 18.3 Å². The Morgan fingerprint density at radius 1 is 1.35 bits per heavy atom. The zero-order chi connectivity index (χ0) is 12.3. The summed E-state index contributed by atoms with van der Waals surface area (Å²) >= 11 is 0. The van der Waals surface area contributed by atoms with Crippen molar-refractivity contribution in [3.05, 3.63) is 48.2 Å². The Bertz CT molecular complexity index is 543. The second-order valence-corrected chi connectivity index (χ2v) is 3.45. The quantitative estimate of drug-likeness (QED) is 0.821. The summed E-state index contributed by atoms with van der Waals surface area (Å²) in [5, 5.41) is 8.77. The molecule has 0 saturated carbocycles. The van der Waals surface area contributed by atoms with Crippen molar-refractivity contribution in [2.45, 2.75) is 6.42 Å². The van der Waals surface area contributed by atoms with Crippen molar-refractivity contribution in [3.63, 3.8) is 0 Å². The predicted molar refractivity (Wildman–Crippen MR) is 58.8 cm³/mol. The fourth-order valence-electron chi connectivity index (χ4n) is 1.52. The summed E-state index contributed by atoms with van der Waals surface area (Å²) in [4.78, 5) is 18.3. The number of rotatable bonds is 3. The molecule has 0 atom stereocenters. The van der Waals surface area contributed by atoms with Crippen molar-refractivity contribution in [3.8, 4) is 11.3 Å². The number of aromatic nitrogens is 2. The SMILES string of the molecule is O=C(O)Cc1ccc(F)nc1-c1cccnc1. The van der Waals surface area contributed by atoms with Gasteiger partial charge in [0.05, 0.1) is 12.1 Å². The molecule has 0 spiro atoms. The third-order valence-electron chi connectivity index (χ3n) is 2.22. The monoisotopic (exact) mass is 232 g/mol. The first-order valence-corrected chi connectivity index (χ1v) is 4.94. The van der Waals surface area contributed by atoms with E-state index in [1.807, 2.05) is 0 Å². The Hall–Kier alpha value is -2.30. The molecular formula is C12H9FN2O2. The van der Waals surface area contributed by atoms with Crippen LogP contribution in [0.15, 0.2) is 36.7 Å². The van der Waals surface area contributed by atoms with Gasteiger partial charge in [0.1, 0.15) is 0 Å². The van der Waals surface area contributed by atoms with Crippen LogP contribution in [-0.4, -0.2) is 21.0 Å². The van der Waals surface area contributed by atoms with E-state index in [-0.39, 0.29) is 6.42 Å². The summed E-state index contributed by atoms with van der Waals surface area (Å²) in [6, 6.07) is 5.98. The van der Waals surface area contributed by atoms with Crippen LogP contribution in [0.4, 0.5) is 4.39 Å². The third-order valence-corrected chi connectivity index (χ3v) is 2.22. The molecule has 2 heterocycles.